The summed E-state index contributed by atoms with van der Waals surface area (Å²) in [6, 6.07) is 22.3. The second-order valence-electron chi connectivity index (χ2n) is 7.25. The molecule has 0 saturated carbocycles. The highest BCUT2D eigenvalue weighted by Gasteiger charge is 2.33. The van der Waals surface area contributed by atoms with Crippen molar-refractivity contribution < 1.29 is 14.3 Å². The van der Waals surface area contributed by atoms with Crippen LogP contribution in [-0.2, 0) is 9.59 Å². The highest BCUT2D eigenvalue weighted by Crippen LogP contribution is 2.36. The normalized spacial score (nSPS) is 14.6. The molecule has 1 fully saturated rings. The van der Waals surface area contributed by atoms with Gasteiger partial charge in [0.15, 0.2) is 10.9 Å². The maximum Gasteiger partial charge on any atom is 0.270 e. The molecule has 1 N–H and O–H groups in total. The third-order valence-corrected chi connectivity index (χ3v) is 6.68. The number of benzene rings is 3. The van der Waals surface area contributed by atoms with Crippen molar-refractivity contribution in [3.63, 3.8) is 0 Å². The lowest BCUT2D eigenvalue weighted by Gasteiger charge is -2.13. The molecule has 0 unspecified atom stereocenters. The summed E-state index contributed by atoms with van der Waals surface area (Å²) in [4.78, 5) is 27.1. The zero-order valence-electron chi connectivity index (χ0n) is 17.6. The Kier molecular flexibility index (Phi) is 7.27. The fraction of sp³-hybridized carbons (Fsp3) is 0.0800. The smallest absolute Gasteiger partial charge is 0.270 e. The van der Waals surface area contributed by atoms with E-state index < -0.39 is 0 Å². The van der Waals surface area contributed by atoms with Crippen LogP contribution in [0.2, 0.25) is 0 Å². The van der Waals surface area contributed by atoms with E-state index >= 15 is 0 Å². The van der Waals surface area contributed by atoms with Crippen LogP contribution < -0.4 is 15.0 Å². The third kappa shape index (κ3) is 5.71. The first-order chi connectivity index (χ1) is 15.9. The number of hydrogen-bond donors (Lipinski definition) is 1. The number of para-hydroxylation sites is 1. The summed E-state index contributed by atoms with van der Waals surface area (Å²) in [6.45, 7) is 1.86. The Hall–Kier alpha value is -2.94. The number of hydrogen-bond acceptors (Lipinski definition) is 5. The first kappa shape index (κ1) is 23.2. The predicted octanol–water partition coefficient (Wildman–Crippen LogP) is 6.18. The molecule has 3 aromatic carbocycles. The molecule has 4 rings (SSSR count). The minimum Gasteiger partial charge on any atom is -0.483 e. The molecule has 166 valence electrons. The molecule has 3 aromatic rings. The van der Waals surface area contributed by atoms with Gasteiger partial charge in [0, 0.05) is 5.69 Å². The third-order valence-electron chi connectivity index (χ3n) is 4.76. The molecule has 0 radical (unpaired) electrons. The lowest BCUT2D eigenvalue weighted by atomic mass is 10.2. The van der Waals surface area contributed by atoms with Crippen LogP contribution in [0.5, 0.6) is 5.75 Å². The van der Waals surface area contributed by atoms with Crippen LogP contribution in [0.1, 0.15) is 11.1 Å². The van der Waals surface area contributed by atoms with Gasteiger partial charge in [0.05, 0.1) is 15.1 Å². The van der Waals surface area contributed by atoms with Crippen LogP contribution in [0.25, 0.3) is 6.08 Å². The summed E-state index contributed by atoms with van der Waals surface area (Å²) in [5.74, 6) is 0.128. The van der Waals surface area contributed by atoms with Crippen molar-refractivity contribution in [1.82, 2.24) is 0 Å². The van der Waals surface area contributed by atoms with Crippen LogP contribution in [0.3, 0.4) is 0 Å². The van der Waals surface area contributed by atoms with E-state index in [0.717, 1.165) is 22.5 Å². The molecule has 0 spiro atoms. The van der Waals surface area contributed by atoms with Crippen LogP contribution >= 0.6 is 39.9 Å². The van der Waals surface area contributed by atoms with Gasteiger partial charge in [-0.2, -0.15) is 0 Å². The number of carbonyl (C=O) groups excluding carboxylic acids is 2. The largest absolute Gasteiger partial charge is 0.483 e. The van der Waals surface area contributed by atoms with Gasteiger partial charge in [0.25, 0.3) is 11.8 Å². The Balaban J connectivity index is 1.40. The Bertz CT molecular complexity index is 1240. The summed E-state index contributed by atoms with van der Waals surface area (Å²) < 4.78 is 6.83. The van der Waals surface area contributed by atoms with Gasteiger partial charge in [-0.25, -0.2) is 0 Å². The van der Waals surface area contributed by atoms with Gasteiger partial charge in [0.1, 0.15) is 5.75 Å². The van der Waals surface area contributed by atoms with Gasteiger partial charge < -0.3 is 10.1 Å². The van der Waals surface area contributed by atoms with Gasteiger partial charge in [-0.3, -0.25) is 14.5 Å². The first-order valence-electron chi connectivity index (χ1n) is 10.0. The van der Waals surface area contributed by atoms with E-state index in [2.05, 4.69) is 21.2 Å². The van der Waals surface area contributed by atoms with Gasteiger partial charge >= 0.3 is 0 Å². The van der Waals surface area contributed by atoms with Crippen molar-refractivity contribution in [2.75, 3.05) is 16.8 Å². The maximum absolute atomic E-state index is 12.9. The average molecular weight is 539 g/mol. The highest BCUT2D eigenvalue weighted by atomic mass is 79.9. The number of amides is 2. The van der Waals surface area contributed by atoms with E-state index in [1.54, 1.807) is 12.1 Å². The summed E-state index contributed by atoms with van der Waals surface area (Å²) in [6.07, 6.45) is 1.79. The van der Waals surface area contributed by atoms with Crippen molar-refractivity contribution in [2.24, 2.45) is 0 Å². The second-order valence-corrected chi connectivity index (χ2v) is 9.78. The molecule has 0 aliphatic carbocycles. The zero-order valence-corrected chi connectivity index (χ0v) is 20.8. The summed E-state index contributed by atoms with van der Waals surface area (Å²) in [5, 5.41) is 2.80. The monoisotopic (exact) mass is 538 g/mol. The number of thiocarbonyl (C=S) groups is 1. The summed E-state index contributed by atoms with van der Waals surface area (Å²) >= 11 is 10.2. The lowest BCUT2D eigenvalue weighted by molar-refractivity contribution is -0.118. The molecule has 1 aliphatic rings. The Morgan fingerprint density at radius 2 is 1.85 bits per heavy atom. The molecule has 8 heteroatoms. The quantitative estimate of drug-likeness (QED) is 0.300. The highest BCUT2D eigenvalue weighted by molar-refractivity contribution is 9.10. The van der Waals surface area contributed by atoms with E-state index in [0.29, 0.717) is 19.4 Å². The molecule has 5 nitrogen and oxygen atoms in total. The number of carbonyl (C=O) groups is 2. The molecule has 0 atom stereocenters. The minimum atomic E-state index is -0.251. The SMILES string of the molecule is Cc1ccc(NC(=O)COc2ccc(/C=C3/SC(=S)N(c4ccccc4)C3=O)cc2Br)cc1. The average Bonchev–Trinajstić information content (AvgIpc) is 3.08. The van der Waals surface area contributed by atoms with Gasteiger partial charge in [-0.1, -0.05) is 65.9 Å². The standard InChI is InChI=1S/C25H19BrN2O3S2/c1-16-7-10-18(11-8-16)27-23(29)15-31-21-12-9-17(13-20(21)26)14-22-24(30)28(25(32)33-22)19-5-3-2-4-6-19/h2-14H,15H2,1H3,(H,27,29)/b22-14+. The molecule has 33 heavy (non-hydrogen) atoms. The Morgan fingerprint density at radius 1 is 1.12 bits per heavy atom. The maximum atomic E-state index is 12.9. The van der Waals surface area contributed by atoms with E-state index in [4.69, 9.17) is 17.0 Å². The van der Waals surface area contributed by atoms with Crippen molar-refractivity contribution in [2.45, 2.75) is 6.92 Å². The Morgan fingerprint density at radius 3 is 2.55 bits per heavy atom. The zero-order chi connectivity index (χ0) is 23.4. The number of aryl methyl sites for hydroxylation is 1. The molecular formula is C25H19BrN2O3S2. The van der Waals surface area contributed by atoms with Crippen LogP contribution in [-0.4, -0.2) is 22.7 Å². The fourth-order valence-corrected chi connectivity index (χ4v) is 4.93. The van der Waals surface area contributed by atoms with Gasteiger partial charge in [-0.15, -0.1) is 0 Å². The van der Waals surface area contributed by atoms with Crippen LogP contribution in [0.4, 0.5) is 11.4 Å². The molecule has 0 aromatic heterocycles. The molecular weight excluding hydrogens is 520 g/mol. The van der Waals surface area contributed by atoms with Crippen molar-refractivity contribution >= 4 is 73.5 Å². The van der Waals surface area contributed by atoms with E-state index in [-0.39, 0.29) is 18.4 Å². The molecule has 2 amide bonds. The second kappa shape index (κ2) is 10.3. The lowest BCUT2D eigenvalue weighted by Crippen LogP contribution is -2.27. The number of anilines is 2. The number of halogens is 1. The van der Waals surface area contributed by atoms with Gasteiger partial charge in [0.2, 0.25) is 0 Å². The number of thioether (sulfide) groups is 1. The number of nitrogens with one attached hydrogen (secondary N) is 1. The van der Waals surface area contributed by atoms with Crippen molar-refractivity contribution in [3.8, 4) is 5.75 Å². The van der Waals surface area contributed by atoms with Crippen LogP contribution in [0, 0.1) is 6.92 Å². The Labute approximate surface area is 210 Å². The number of nitrogens with zero attached hydrogens (tertiary/aromatic N) is 1. The summed E-state index contributed by atoms with van der Waals surface area (Å²) in [7, 11) is 0. The summed E-state index contributed by atoms with van der Waals surface area (Å²) in [5.41, 5.74) is 3.40. The molecule has 1 heterocycles. The van der Waals surface area contributed by atoms with Crippen molar-refractivity contribution in [1.29, 1.82) is 0 Å². The van der Waals surface area contributed by atoms with E-state index in [1.807, 2.05) is 73.7 Å². The van der Waals surface area contributed by atoms with Crippen LogP contribution in [0.15, 0.2) is 82.2 Å². The van der Waals surface area contributed by atoms with E-state index in [9.17, 15) is 9.59 Å². The molecule has 1 aliphatic heterocycles. The van der Waals surface area contributed by atoms with Gasteiger partial charge in [-0.05, 0) is 70.9 Å². The fourth-order valence-electron chi connectivity index (χ4n) is 3.12. The number of ether oxygens (including phenoxy) is 1. The topological polar surface area (TPSA) is 58.6 Å². The first-order valence-corrected chi connectivity index (χ1v) is 12.0. The number of rotatable bonds is 6. The van der Waals surface area contributed by atoms with E-state index in [1.165, 1.54) is 16.7 Å². The molecule has 0 bridgehead atoms. The predicted molar refractivity (Wildman–Crippen MR) is 142 cm³/mol. The minimum absolute atomic E-state index is 0.123. The molecule has 1 saturated heterocycles. The van der Waals surface area contributed by atoms with Crippen molar-refractivity contribution in [3.05, 3.63) is 93.3 Å².